The van der Waals surface area contributed by atoms with Crippen LogP contribution in [0.3, 0.4) is 0 Å². The van der Waals surface area contributed by atoms with Crippen LogP contribution in [0.5, 0.6) is 0 Å². The van der Waals surface area contributed by atoms with Crippen LogP contribution in [0.15, 0.2) is 122 Å². The van der Waals surface area contributed by atoms with Gasteiger partial charge in [-0.1, -0.05) is 12.1 Å². The SMILES string of the molecule is Cc1cc[n+]([O-])cc1.Cc1cc[n+]([O-])cc1.Cc1ccc([N+](=O)[O-])cc1N.Cc1ccnc(C)c1.Cc1ccnc(Nc2cc([N+](=O)[O-])ccc2C)c1.[HH]. The molecule has 0 saturated heterocycles. The lowest BCUT2D eigenvalue weighted by Gasteiger charge is -2.08. The second kappa shape index (κ2) is 21.3. The molecular formula is C39H46N8O6. The van der Waals surface area contributed by atoms with Gasteiger partial charge in [-0.3, -0.25) is 25.2 Å². The summed E-state index contributed by atoms with van der Waals surface area (Å²) in [4.78, 5) is 28.3. The molecular weight excluding hydrogens is 676 g/mol. The minimum absolute atomic E-state index is 0. The molecule has 0 amide bonds. The molecule has 2 aromatic carbocycles. The predicted molar refractivity (Wildman–Crippen MR) is 208 cm³/mol. The summed E-state index contributed by atoms with van der Waals surface area (Å²) in [5.41, 5.74) is 14.2. The van der Waals surface area contributed by atoms with Crippen LogP contribution in [0.2, 0.25) is 0 Å². The lowest BCUT2D eigenvalue weighted by atomic mass is 10.2. The van der Waals surface area contributed by atoms with Gasteiger partial charge in [0.05, 0.1) is 9.85 Å². The van der Waals surface area contributed by atoms with Gasteiger partial charge in [-0.2, -0.15) is 9.46 Å². The van der Waals surface area contributed by atoms with Crippen molar-refractivity contribution in [1.29, 1.82) is 0 Å². The summed E-state index contributed by atoms with van der Waals surface area (Å²) in [6.45, 7) is 13.6. The molecule has 6 rings (SSSR count). The number of hydrogen-bond acceptors (Lipinski definition) is 10. The molecule has 4 aromatic heterocycles. The molecule has 0 fully saturated rings. The predicted octanol–water partition coefficient (Wildman–Crippen LogP) is 8.04. The van der Waals surface area contributed by atoms with Crippen molar-refractivity contribution in [3.63, 3.8) is 0 Å². The van der Waals surface area contributed by atoms with Gasteiger partial charge < -0.3 is 21.5 Å². The van der Waals surface area contributed by atoms with Crippen molar-refractivity contribution in [2.75, 3.05) is 11.1 Å². The molecule has 4 heterocycles. The zero-order valence-corrected chi connectivity index (χ0v) is 30.8. The second-order valence-electron chi connectivity index (χ2n) is 11.8. The number of nitrogen functional groups attached to an aromatic ring is 1. The van der Waals surface area contributed by atoms with Gasteiger partial charge in [0.25, 0.3) is 11.4 Å². The lowest BCUT2D eigenvalue weighted by molar-refractivity contribution is -0.605. The fraction of sp³-hybridized carbons (Fsp3) is 0.179. The van der Waals surface area contributed by atoms with E-state index in [1.807, 2.05) is 59.0 Å². The molecule has 53 heavy (non-hydrogen) atoms. The number of nitrogens with zero attached hydrogens (tertiary/aromatic N) is 6. The summed E-state index contributed by atoms with van der Waals surface area (Å²) in [5, 5.41) is 44.7. The monoisotopic (exact) mass is 722 g/mol. The van der Waals surface area contributed by atoms with E-state index in [0.717, 1.165) is 43.0 Å². The molecule has 0 spiro atoms. The first kappa shape index (κ1) is 42.2. The number of pyridine rings is 4. The Morgan fingerprint density at radius 3 is 1.43 bits per heavy atom. The topological polar surface area (TPSA) is 204 Å². The molecule has 14 nitrogen and oxygen atoms in total. The van der Waals surface area contributed by atoms with Crippen molar-refractivity contribution in [2.24, 2.45) is 0 Å². The maximum Gasteiger partial charge on any atom is 0.271 e. The third kappa shape index (κ3) is 16.5. The maximum atomic E-state index is 10.7. The summed E-state index contributed by atoms with van der Waals surface area (Å²) in [7, 11) is 0. The number of aryl methyl sites for hydroxylation is 7. The molecule has 0 aliphatic carbocycles. The van der Waals surface area contributed by atoms with Crippen molar-refractivity contribution in [1.82, 2.24) is 9.97 Å². The number of non-ortho nitro benzene ring substituents is 2. The van der Waals surface area contributed by atoms with E-state index in [1.54, 1.807) is 49.5 Å². The van der Waals surface area contributed by atoms with E-state index in [2.05, 4.69) is 28.3 Å². The Labute approximate surface area is 310 Å². The standard InChI is InChI=1S/C13H13N3O2.C7H8N2O2.C7H9N.2C6H7NO.H2/c1-9-5-6-14-13(7-9)15-12-8-11(16(17)18)4-3-10(12)2;1-5-2-3-6(9(10)11)4-7(5)8;1-6-3-4-8-7(2)5-6;2*1-6-2-4-7(8)5-3-6;/h3-8H,1-2H3,(H,14,15);2-4H,8H2,1H3;3-5H,1-2H3;2*2-5H,1H3;1H. The summed E-state index contributed by atoms with van der Waals surface area (Å²) in [6.07, 6.45) is 9.45. The Hall–Kier alpha value is -6.96. The molecule has 278 valence electrons. The highest BCUT2D eigenvalue weighted by molar-refractivity contribution is 5.64. The largest absolute Gasteiger partial charge is 0.619 e. The summed E-state index contributed by atoms with van der Waals surface area (Å²) >= 11 is 0. The van der Waals surface area contributed by atoms with Crippen LogP contribution in [-0.2, 0) is 0 Å². The molecule has 0 bridgehead atoms. The Balaban J connectivity index is 0.000000352. The van der Waals surface area contributed by atoms with Crippen molar-refractivity contribution in [3.05, 3.63) is 192 Å². The second-order valence-corrected chi connectivity index (χ2v) is 11.8. The number of anilines is 3. The number of nitro benzene ring substituents is 2. The molecule has 0 unspecified atom stereocenters. The van der Waals surface area contributed by atoms with E-state index in [4.69, 9.17) is 5.73 Å². The summed E-state index contributed by atoms with van der Waals surface area (Å²) < 4.78 is 1.54. The minimum Gasteiger partial charge on any atom is -0.619 e. The fourth-order valence-electron chi connectivity index (χ4n) is 4.00. The Morgan fingerprint density at radius 2 is 1.04 bits per heavy atom. The smallest absolute Gasteiger partial charge is 0.271 e. The fourth-order valence-corrected chi connectivity index (χ4v) is 4.00. The van der Waals surface area contributed by atoms with Crippen LogP contribution in [0.4, 0.5) is 28.6 Å². The molecule has 3 N–H and O–H groups in total. The zero-order valence-electron chi connectivity index (χ0n) is 30.8. The van der Waals surface area contributed by atoms with Gasteiger partial charge in [-0.25, -0.2) is 4.98 Å². The molecule has 14 heteroatoms. The van der Waals surface area contributed by atoms with E-state index < -0.39 is 9.85 Å². The summed E-state index contributed by atoms with van der Waals surface area (Å²) in [6, 6.07) is 24.1. The Kier molecular flexibility index (Phi) is 17.0. The zero-order chi connectivity index (χ0) is 39.5. The average molecular weight is 723 g/mol. The molecule has 6 aromatic rings. The molecule has 0 atom stereocenters. The first-order valence-corrected chi connectivity index (χ1v) is 16.2. The van der Waals surface area contributed by atoms with Crippen LogP contribution < -0.4 is 20.5 Å². The number of nitrogens with two attached hydrogens (primary N) is 1. The normalized spacial score (nSPS) is 9.57. The number of hydrogen-bond donors (Lipinski definition) is 2. The minimum atomic E-state index is -0.462. The van der Waals surface area contributed by atoms with Gasteiger partial charge in [0.2, 0.25) is 0 Å². The van der Waals surface area contributed by atoms with Crippen LogP contribution in [0.1, 0.15) is 40.5 Å². The molecule has 0 aliphatic rings. The number of benzene rings is 2. The number of aromatic nitrogens is 4. The van der Waals surface area contributed by atoms with Crippen LogP contribution in [0, 0.1) is 79.1 Å². The van der Waals surface area contributed by atoms with Crippen molar-refractivity contribution in [3.8, 4) is 0 Å². The van der Waals surface area contributed by atoms with Crippen LogP contribution in [-0.4, -0.2) is 19.8 Å². The highest BCUT2D eigenvalue weighted by Crippen LogP contribution is 2.24. The van der Waals surface area contributed by atoms with E-state index in [-0.39, 0.29) is 12.8 Å². The first-order chi connectivity index (χ1) is 25.0. The van der Waals surface area contributed by atoms with Crippen molar-refractivity contribution in [2.45, 2.75) is 48.5 Å². The number of nitro groups is 2. The lowest BCUT2D eigenvalue weighted by Crippen LogP contribution is -2.23. The number of rotatable bonds is 4. The quantitative estimate of drug-likeness (QED) is 0.0589. The molecule has 0 radical (unpaired) electrons. The van der Waals surface area contributed by atoms with Crippen LogP contribution in [0.25, 0.3) is 0 Å². The van der Waals surface area contributed by atoms with Crippen LogP contribution >= 0.6 is 0 Å². The van der Waals surface area contributed by atoms with Gasteiger partial charge in [-0.05, 0) is 106 Å². The highest BCUT2D eigenvalue weighted by atomic mass is 16.6. The van der Waals surface area contributed by atoms with Gasteiger partial charge in [0.1, 0.15) is 5.82 Å². The first-order valence-electron chi connectivity index (χ1n) is 16.2. The number of nitrogens with one attached hydrogen (secondary N) is 1. The maximum absolute atomic E-state index is 10.7. The third-order valence-electron chi connectivity index (χ3n) is 7.07. The van der Waals surface area contributed by atoms with Gasteiger partial charge in [0, 0.05) is 79.4 Å². The summed E-state index contributed by atoms with van der Waals surface area (Å²) in [5.74, 6) is 0.679. The third-order valence-corrected chi connectivity index (χ3v) is 7.07. The molecule has 0 saturated carbocycles. The van der Waals surface area contributed by atoms with Crippen molar-refractivity contribution >= 4 is 28.6 Å². The van der Waals surface area contributed by atoms with Gasteiger partial charge in [-0.15, -0.1) is 0 Å². The van der Waals surface area contributed by atoms with Gasteiger partial charge >= 0.3 is 0 Å². The van der Waals surface area contributed by atoms with Crippen molar-refractivity contribution < 1.29 is 20.7 Å². The van der Waals surface area contributed by atoms with E-state index in [9.17, 15) is 30.6 Å². The Morgan fingerprint density at radius 1 is 0.585 bits per heavy atom. The van der Waals surface area contributed by atoms with Gasteiger partial charge in [0.15, 0.2) is 24.8 Å². The molecule has 0 aliphatic heterocycles. The Bertz CT molecular complexity index is 1980. The van der Waals surface area contributed by atoms with E-state index in [1.165, 1.54) is 54.6 Å². The highest BCUT2D eigenvalue weighted by Gasteiger charge is 2.09. The van der Waals surface area contributed by atoms with E-state index in [0.29, 0.717) is 17.2 Å². The average Bonchev–Trinajstić information content (AvgIpc) is 3.10. The van der Waals surface area contributed by atoms with E-state index >= 15 is 0 Å².